The number of H-pyrrole nitrogens is 1. The minimum Gasteiger partial charge on any atom is -0.385 e. The Morgan fingerprint density at radius 3 is 2.48 bits per heavy atom. The Hall–Kier alpha value is -2.22. The van der Waals surface area contributed by atoms with Crippen LogP contribution in [-0.2, 0) is 0 Å². The third-order valence-corrected chi connectivity index (χ3v) is 4.61. The van der Waals surface area contributed by atoms with E-state index in [0.717, 1.165) is 37.7 Å². The molecule has 2 aromatic rings. The average Bonchev–Trinajstić information content (AvgIpc) is 3.15. The lowest BCUT2D eigenvalue weighted by Gasteiger charge is -2.34. The number of aromatic nitrogens is 5. The Morgan fingerprint density at radius 1 is 1.20 bits per heavy atom. The fourth-order valence-electron chi connectivity index (χ4n) is 3.05. The lowest BCUT2D eigenvalue weighted by atomic mass is 9.91. The second kappa shape index (κ2) is 7.35. The van der Waals surface area contributed by atoms with Crippen LogP contribution in [0, 0.1) is 5.92 Å². The number of hydrogen-bond donors (Lipinski definition) is 2. The summed E-state index contributed by atoms with van der Waals surface area (Å²) in [4.78, 5) is 25.1. The topological polar surface area (TPSA) is 94.1 Å². The molecular formula is C17H27N7O. The van der Waals surface area contributed by atoms with Crippen molar-refractivity contribution < 1.29 is 5.11 Å². The lowest BCUT2D eigenvalue weighted by Crippen LogP contribution is -2.37. The van der Waals surface area contributed by atoms with Crippen LogP contribution in [0.2, 0.25) is 0 Å². The van der Waals surface area contributed by atoms with Gasteiger partial charge in [-0.15, -0.1) is 0 Å². The van der Waals surface area contributed by atoms with Gasteiger partial charge in [0.2, 0.25) is 11.9 Å². The molecule has 1 aliphatic rings. The molecule has 3 rings (SSSR count). The number of nitrogens with one attached hydrogen (secondary N) is 1. The summed E-state index contributed by atoms with van der Waals surface area (Å²) in [7, 11) is 3.88. The number of aromatic amines is 1. The van der Waals surface area contributed by atoms with Crippen molar-refractivity contribution >= 4 is 11.9 Å². The molecule has 1 unspecified atom stereocenters. The van der Waals surface area contributed by atoms with E-state index in [4.69, 9.17) is 0 Å². The van der Waals surface area contributed by atoms with E-state index >= 15 is 0 Å². The van der Waals surface area contributed by atoms with Gasteiger partial charge in [0.05, 0.1) is 0 Å². The zero-order chi connectivity index (χ0) is 18.0. The number of piperidine rings is 1. The van der Waals surface area contributed by atoms with Crippen molar-refractivity contribution in [1.29, 1.82) is 0 Å². The Bertz CT molecular complexity index is 652. The minimum atomic E-state index is -0.543. The summed E-state index contributed by atoms with van der Waals surface area (Å²) in [6.45, 7) is 5.81. The van der Waals surface area contributed by atoms with Gasteiger partial charge in [0.1, 0.15) is 17.8 Å². The van der Waals surface area contributed by atoms with E-state index in [9.17, 15) is 5.11 Å². The van der Waals surface area contributed by atoms with Crippen LogP contribution in [0.15, 0.2) is 12.4 Å². The Labute approximate surface area is 148 Å². The van der Waals surface area contributed by atoms with Crippen LogP contribution in [0.4, 0.5) is 11.9 Å². The molecule has 25 heavy (non-hydrogen) atoms. The molecule has 2 N–H and O–H groups in total. The van der Waals surface area contributed by atoms with Gasteiger partial charge < -0.3 is 19.9 Å². The predicted octanol–water partition coefficient (Wildman–Crippen LogP) is 1.73. The van der Waals surface area contributed by atoms with Crippen molar-refractivity contribution in [2.45, 2.75) is 38.7 Å². The van der Waals surface area contributed by atoms with Crippen LogP contribution in [0.3, 0.4) is 0 Å². The Morgan fingerprint density at radius 2 is 1.92 bits per heavy atom. The van der Waals surface area contributed by atoms with E-state index in [1.165, 1.54) is 0 Å². The fraction of sp³-hybridized carbons (Fsp3) is 0.647. The van der Waals surface area contributed by atoms with Crippen molar-refractivity contribution in [2.75, 3.05) is 37.0 Å². The van der Waals surface area contributed by atoms with Gasteiger partial charge in [-0.3, -0.25) is 0 Å². The quantitative estimate of drug-likeness (QED) is 0.852. The molecule has 2 aromatic heterocycles. The van der Waals surface area contributed by atoms with E-state index < -0.39 is 6.10 Å². The number of aliphatic hydroxyl groups excluding tert-OH is 1. The molecule has 1 atom stereocenters. The molecule has 136 valence electrons. The maximum absolute atomic E-state index is 10.5. The smallest absolute Gasteiger partial charge is 0.230 e. The number of aliphatic hydroxyl groups is 1. The highest BCUT2D eigenvalue weighted by atomic mass is 16.3. The molecule has 0 radical (unpaired) electrons. The summed E-state index contributed by atoms with van der Waals surface area (Å²) < 4.78 is 0. The molecule has 0 amide bonds. The molecule has 0 saturated carbocycles. The van der Waals surface area contributed by atoms with Crippen molar-refractivity contribution in [3.63, 3.8) is 0 Å². The third kappa shape index (κ3) is 3.89. The second-order valence-electron chi connectivity index (χ2n) is 7.09. The largest absolute Gasteiger partial charge is 0.385 e. The minimum absolute atomic E-state index is 0.196. The van der Waals surface area contributed by atoms with Crippen LogP contribution >= 0.6 is 0 Å². The normalized spacial score (nSPS) is 17.1. The van der Waals surface area contributed by atoms with Crippen LogP contribution < -0.4 is 9.80 Å². The van der Waals surface area contributed by atoms with Crippen LogP contribution in [0.25, 0.3) is 0 Å². The molecule has 3 heterocycles. The zero-order valence-electron chi connectivity index (χ0n) is 15.3. The number of hydrogen-bond acceptors (Lipinski definition) is 7. The first-order chi connectivity index (χ1) is 12.0. The highest BCUT2D eigenvalue weighted by Crippen LogP contribution is 2.30. The highest BCUT2D eigenvalue weighted by molar-refractivity contribution is 5.39. The monoisotopic (exact) mass is 345 g/mol. The second-order valence-corrected chi connectivity index (χ2v) is 7.09. The van der Waals surface area contributed by atoms with Gasteiger partial charge in [0, 0.05) is 45.5 Å². The van der Waals surface area contributed by atoms with Gasteiger partial charge in [-0.1, -0.05) is 13.8 Å². The van der Waals surface area contributed by atoms with Gasteiger partial charge in [-0.2, -0.15) is 15.0 Å². The molecule has 1 fully saturated rings. The lowest BCUT2D eigenvalue weighted by molar-refractivity contribution is 0.0855. The van der Waals surface area contributed by atoms with Crippen LogP contribution in [0.1, 0.15) is 50.4 Å². The first kappa shape index (κ1) is 17.6. The van der Waals surface area contributed by atoms with Gasteiger partial charge in [-0.05, 0) is 18.8 Å². The molecule has 1 aliphatic heterocycles. The zero-order valence-corrected chi connectivity index (χ0v) is 15.3. The van der Waals surface area contributed by atoms with Crippen LogP contribution in [0.5, 0.6) is 0 Å². The molecule has 8 nitrogen and oxygen atoms in total. The standard InChI is InChI=1S/C17H27N7O/c1-11(2)14-20-16(23(3)4)22-17(21-14)24-9-5-12(6-10-24)13(25)15-18-7-8-19-15/h7-8,11-13,25H,5-6,9-10H2,1-4H3,(H,18,19). The Kier molecular flexibility index (Phi) is 5.17. The molecule has 0 bridgehead atoms. The van der Waals surface area contributed by atoms with E-state index in [1.807, 2.05) is 19.0 Å². The van der Waals surface area contributed by atoms with Crippen molar-refractivity contribution in [3.8, 4) is 0 Å². The molecule has 0 spiro atoms. The molecule has 0 aromatic carbocycles. The first-order valence-electron chi connectivity index (χ1n) is 8.81. The molecule has 0 aliphatic carbocycles. The Balaban J connectivity index is 1.72. The number of anilines is 2. The van der Waals surface area contributed by atoms with Crippen LogP contribution in [-0.4, -0.2) is 57.2 Å². The van der Waals surface area contributed by atoms with Crippen molar-refractivity contribution in [1.82, 2.24) is 24.9 Å². The first-order valence-corrected chi connectivity index (χ1v) is 8.81. The third-order valence-electron chi connectivity index (χ3n) is 4.61. The summed E-state index contributed by atoms with van der Waals surface area (Å²) in [5.74, 6) is 3.32. The summed E-state index contributed by atoms with van der Waals surface area (Å²) >= 11 is 0. The maximum atomic E-state index is 10.5. The van der Waals surface area contributed by atoms with E-state index in [1.54, 1.807) is 12.4 Å². The fourth-order valence-corrected chi connectivity index (χ4v) is 3.05. The SMILES string of the molecule is CC(C)c1nc(N(C)C)nc(N2CCC(C(O)c3ncc[nH]3)CC2)n1. The van der Waals surface area contributed by atoms with E-state index in [0.29, 0.717) is 11.8 Å². The number of imidazole rings is 1. The maximum Gasteiger partial charge on any atom is 0.230 e. The van der Waals surface area contributed by atoms with Gasteiger partial charge in [0.15, 0.2) is 0 Å². The summed E-state index contributed by atoms with van der Waals surface area (Å²) in [6, 6.07) is 0. The molecule has 8 heteroatoms. The molecule has 1 saturated heterocycles. The summed E-state index contributed by atoms with van der Waals surface area (Å²) in [5, 5.41) is 10.5. The molecular weight excluding hydrogens is 318 g/mol. The summed E-state index contributed by atoms with van der Waals surface area (Å²) in [6.07, 6.45) is 4.63. The van der Waals surface area contributed by atoms with E-state index in [-0.39, 0.29) is 11.8 Å². The van der Waals surface area contributed by atoms with Crippen molar-refractivity contribution in [3.05, 3.63) is 24.0 Å². The van der Waals surface area contributed by atoms with E-state index in [2.05, 4.69) is 43.7 Å². The van der Waals surface area contributed by atoms with Gasteiger partial charge in [0.25, 0.3) is 0 Å². The van der Waals surface area contributed by atoms with Gasteiger partial charge >= 0.3 is 0 Å². The number of rotatable bonds is 5. The van der Waals surface area contributed by atoms with Crippen molar-refractivity contribution in [2.24, 2.45) is 5.92 Å². The highest BCUT2D eigenvalue weighted by Gasteiger charge is 2.29. The van der Waals surface area contributed by atoms with Gasteiger partial charge in [-0.25, -0.2) is 4.98 Å². The number of nitrogens with zero attached hydrogens (tertiary/aromatic N) is 6. The average molecular weight is 345 g/mol. The predicted molar refractivity (Wildman–Crippen MR) is 96.7 cm³/mol. The summed E-state index contributed by atoms with van der Waals surface area (Å²) in [5.41, 5.74) is 0.